The molecular formula is C10H17ClN2. The second kappa shape index (κ2) is 5.70. The summed E-state index contributed by atoms with van der Waals surface area (Å²) in [5.41, 5.74) is 7.83. The minimum atomic E-state index is 0. The van der Waals surface area contributed by atoms with Crippen molar-refractivity contribution in [1.82, 2.24) is 0 Å². The van der Waals surface area contributed by atoms with Crippen molar-refractivity contribution in [3.63, 3.8) is 0 Å². The smallest absolute Gasteiger partial charge is 0.0599 e. The van der Waals surface area contributed by atoms with E-state index in [2.05, 4.69) is 24.8 Å². The first-order valence-corrected chi connectivity index (χ1v) is 4.39. The van der Waals surface area contributed by atoms with Crippen LogP contribution < -0.4 is 10.6 Å². The standard InChI is InChI=1S/C10H16N2.ClH/c1-3-12(4-2)10-8-6-5-7-9(10)11;/h5-8H,3-4,11H2,1-2H3;1H. The summed E-state index contributed by atoms with van der Waals surface area (Å²) in [6.45, 7) is 6.28. The molecule has 0 bridgehead atoms. The van der Waals surface area contributed by atoms with Crippen molar-refractivity contribution in [1.29, 1.82) is 0 Å². The minimum Gasteiger partial charge on any atom is -0.397 e. The summed E-state index contributed by atoms with van der Waals surface area (Å²) in [6.07, 6.45) is 0. The second-order valence-corrected chi connectivity index (χ2v) is 2.73. The maximum Gasteiger partial charge on any atom is 0.0599 e. The molecule has 0 spiro atoms. The molecule has 0 saturated carbocycles. The Hall–Kier alpha value is -0.890. The van der Waals surface area contributed by atoms with Crippen molar-refractivity contribution in [3.8, 4) is 0 Å². The Morgan fingerprint density at radius 2 is 1.69 bits per heavy atom. The van der Waals surface area contributed by atoms with Crippen molar-refractivity contribution in [3.05, 3.63) is 24.3 Å². The van der Waals surface area contributed by atoms with Crippen LogP contribution in [0.1, 0.15) is 13.8 Å². The molecule has 1 aromatic rings. The van der Waals surface area contributed by atoms with Crippen molar-refractivity contribution in [2.24, 2.45) is 0 Å². The van der Waals surface area contributed by atoms with Gasteiger partial charge in [0.15, 0.2) is 0 Å². The van der Waals surface area contributed by atoms with Crippen molar-refractivity contribution < 1.29 is 0 Å². The van der Waals surface area contributed by atoms with E-state index in [9.17, 15) is 0 Å². The van der Waals surface area contributed by atoms with Crippen LogP contribution >= 0.6 is 12.4 Å². The Kier molecular flexibility index (Phi) is 5.31. The fraction of sp³-hybridized carbons (Fsp3) is 0.400. The van der Waals surface area contributed by atoms with E-state index in [4.69, 9.17) is 5.73 Å². The minimum absolute atomic E-state index is 0. The van der Waals surface area contributed by atoms with E-state index in [1.807, 2.05) is 18.2 Å². The van der Waals surface area contributed by atoms with Crippen LogP contribution in [0.4, 0.5) is 11.4 Å². The normalized spacial score (nSPS) is 9.08. The van der Waals surface area contributed by atoms with Gasteiger partial charge in [0.25, 0.3) is 0 Å². The van der Waals surface area contributed by atoms with Gasteiger partial charge in [-0.3, -0.25) is 0 Å². The quantitative estimate of drug-likeness (QED) is 0.760. The van der Waals surface area contributed by atoms with Gasteiger partial charge in [0, 0.05) is 13.1 Å². The third-order valence-electron chi connectivity index (χ3n) is 2.04. The van der Waals surface area contributed by atoms with Gasteiger partial charge in [0.1, 0.15) is 0 Å². The van der Waals surface area contributed by atoms with Gasteiger partial charge in [-0.1, -0.05) is 12.1 Å². The van der Waals surface area contributed by atoms with Crippen LogP contribution in [0.25, 0.3) is 0 Å². The first-order chi connectivity index (χ1) is 5.79. The molecule has 2 nitrogen and oxygen atoms in total. The van der Waals surface area contributed by atoms with E-state index in [0.717, 1.165) is 24.5 Å². The van der Waals surface area contributed by atoms with E-state index in [-0.39, 0.29) is 12.4 Å². The highest BCUT2D eigenvalue weighted by Crippen LogP contribution is 2.21. The van der Waals surface area contributed by atoms with Gasteiger partial charge < -0.3 is 10.6 Å². The monoisotopic (exact) mass is 200 g/mol. The molecule has 0 unspecified atom stereocenters. The maximum absolute atomic E-state index is 5.83. The average Bonchev–Trinajstić information content (AvgIpc) is 2.10. The summed E-state index contributed by atoms with van der Waals surface area (Å²) in [5.74, 6) is 0. The van der Waals surface area contributed by atoms with Gasteiger partial charge in [0.05, 0.1) is 11.4 Å². The number of nitrogens with two attached hydrogens (primary N) is 1. The van der Waals surface area contributed by atoms with Gasteiger partial charge in [-0.2, -0.15) is 0 Å². The molecule has 0 aromatic heterocycles. The van der Waals surface area contributed by atoms with E-state index in [1.165, 1.54) is 0 Å². The van der Waals surface area contributed by atoms with Crippen LogP contribution in [0.2, 0.25) is 0 Å². The van der Waals surface area contributed by atoms with E-state index in [1.54, 1.807) is 0 Å². The highest BCUT2D eigenvalue weighted by atomic mass is 35.5. The lowest BCUT2D eigenvalue weighted by atomic mass is 10.2. The molecule has 3 heteroatoms. The molecule has 0 aliphatic heterocycles. The first-order valence-electron chi connectivity index (χ1n) is 4.39. The van der Waals surface area contributed by atoms with E-state index < -0.39 is 0 Å². The lowest BCUT2D eigenvalue weighted by Gasteiger charge is -2.22. The molecule has 1 rings (SSSR count). The molecule has 0 radical (unpaired) electrons. The van der Waals surface area contributed by atoms with Gasteiger partial charge in [0.2, 0.25) is 0 Å². The summed E-state index contributed by atoms with van der Waals surface area (Å²) in [5, 5.41) is 0. The van der Waals surface area contributed by atoms with Crippen molar-refractivity contribution in [2.45, 2.75) is 13.8 Å². The number of hydrogen-bond acceptors (Lipinski definition) is 2. The molecule has 0 aliphatic rings. The van der Waals surface area contributed by atoms with E-state index in [0.29, 0.717) is 0 Å². The average molecular weight is 201 g/mol. The number of para-hydroxylation sites is 2. The fourth-order valence-electron chi connectivity index (χ4n) is 1.34. The predicted molar refractivity (Wildman–Crippen MR) is 61.7 cm³/mol. The zero-order valence-electron chi connectivity index (χ0n) is 8.16. The van der Waals surface area contributed by atoms with E-state index >= 15 is 0 Å². The number of benzene rings is 1. The zero-order chi connectivity index (χ0) is 8.97. The summed E-state index contributed by atoms with van der Waals surface area (Å²) in [6, 6.07) is 7.97. The predicted octanol–water partition coefficient (Wildman–Crippen LogP) is 2.54. The third kappa shape index (κ3) is 2.81. The maximum atomic E-state index is 5.83. The molecule has 0 atom stereocenters. The Balaban J connectivity index is 0.00000144. The number of nitrogen functional groups attached to an aromatic ring is 1. The van der Waals surface area contributed by atoms with Gasteiger partial charge in [-0.25, -0.2) is 0 Å². The second-order valence-electron chi connectivity index (χ2n) is 2.73. The fourth-order valence-corrected chi connectivity index (χ4v) is 1.34. The highest BCUT2D eigenvalue weighted by molar-refractivity contribution is 5.85. The third-order valence-corrected chi connectivity index (χ3v) is 2.04. The Morgan fingerprint density at radius 3 is 2.15 bits per heavy atom. The lowest BCUT2D eigenvalue weighted by molar-refractivity contribution is 0.868. The summed E-state index contributed by atoms with van der Waals surface area (Å²) >= 11 is 0. The number of nitrogens with zero attached hydrogens (tertiary/aromatic N) is 1. The van der Waals surface area contributed by atoms with Crippen LogP contribution in [0.5, 0.6) is 0 Å². The van der Waals surface area contributed by atoms with Gasteiger partial charge >= 0.3 is 0 Å². The van der Waals surface area contributed by atoms with Gasteiger partial charge in [-0.15, -0.1) is 12.4 Å². The molecule has 0 fully saturated rings. The molecule has 2 N–H and O–H groups in total. The lowest BCUT2D eigenvalue weighted by Crippen LogP contribution is -2.22. The van der Waals surface area contributed by atoms with Crippen LogP contribution in [-0.4, -0.2) is 13.1 Å². The van der Waals surface area contributed by atoms with Gasteiger partial charge in [-0.05, 0) is 26.0 Å². The highest BCUT2D eigenvalue weighted by Gasteiger charge is 2.03. The molecule has 1 aromatic carbocycles. The van der Waals surface area contributed by atoms with Crippen molar-refractivity contribution in [2.75, 3.05) is 23.7 Å². The number of halogens is 1. The largest absolute Gasteiger partial charge is 0.397 e. The zero-order valence-corrected chi connectivity index (χ0v) is 8.97. The number of anilines is 2. The molecule has 0 saturated heterocycles. The molecule has 74 valence electrons. The molecular weight excluding hydrogens is 184 g/mol. The summed E-state index contributed by atoms with van der Waals surface area (Å²) < 4.78 is 0. The molecule has 13 heavy (non-hydrogen) atoms. The Labute approximate surface area is 86.1 Å². The Bertz CT molecular complexity index is 246. The first kappa shape index (κ1) is 12.1. The van der Waals surface area contributed by atoms with Crippen LogP contribution in [-0.2, 0) is 0 Å². The number of rotatable bonds is 3. The topological polar surface area (TPSA) is 29.3 Å². The molecule has 0 amide bonds. The summed E-state index contributed by atoms with van der Waals surface area (Å²) in [7, 11) is 0. The Morgan fingerprint density at radius 1 is 1.15 bits per heavy atom. The van der Waals surface area contributed by atoms with Crippen LogP contribution in [0.3, 0.4) is 0 Å². The SMILES string of the molecule is CCN(CC)c1ccccc1N.Cl. The van der Waals surface area contributed by atoms with Crippen LogP contribution in [0.15, 0.2) is 24.3 Å². The molecule has 0 heterocycles. The number of hydrogen-bond donors (Lipinski definition) is 1. The molecule has 0 aliphatic carbocycles. The van der Waals surface area contributed by atoms with Crippen LogP contribution in [0, 0.1) is 0 Å². The van der Waals surface area contributed by atoms with Crippen molar-refractivity contribution >= 4 is 23.8 Å². The summed E-state index contributed by atoms with van der Waals surface area (Å²) in [4.78, 5) is 2.25.